The number of benzene rings is 3. The van der Waals surface area contributed by atoms with Gasteiger partial charge in [-0.15, -0.1) is 0 Å². The van der Waals surface area contributed by atoms with E-state index in [0.29, 0.717) is 46.4 Å². The van der Waals surface area contributed by atoms with E-state index < -0.39 is 24.3 Å². The number of halogens is 2. The lowest BCUT2D eigenvalue weighted by molar-refractivity contribution is -0.136. The van der Waals surface area contributed by atoms with Gasteiger partial charge < -0.3 is 39.4 Å². The van der Waals surface area contributed by atoms with Crippen molar-refractivity contribution in [2.45, 2.75) is 32.7 Å². The zero-order valence-electron chi connectivity index (χ0n) is 25.6. The fourth-order valence-corrected chi connectivity index (χ4v) is 5.16. The summed E-state index contributed by atoms with van der Waals surface area (Å²) in [7, 11) is 2.79. The van der Waals surface area contributed by atoms with Crippen molar-refractivity contribution >= 4 is 40.8 Å². The molecule has 2 atom stereocenters. The second-order valence-electron chi connectivity index (χ2n) is 9.86. The van der Waals surface area contributed by atoms with E-state index in [0.717, 1.165) is 9.13 Å². The van der Waals surface area contributed by atoms with Crippen LogP contribution in [0.1, 0.15) is 36.6 Å². The number of urea groups is 1. The average molecular weight is 749 g/mol. The monoisotopic (exact) mass is 748 g/mol. The zero-order valence-corrected chi connectivity index (χ0v) is 27.7. The summed E-state index contributed by atoms with van der Waals surface area (Å²) in [5.41, 5.74) is 5.18. The van der Waals surface area contributed by atoms with Crippen molar-refractivity contribution in [3.05, 3.63) is 91.9 Å². The quantitative estimate of drug-likeness (QED) is 0.0614. The molecule has 0 fully saturated rings. The van der Waals surface area contributed by atoms with Crippen LogP contribution in [-0.2, 0) is 16.1 Å². The number of rotatable bonds is 14. The molecular formula is C32H34FIN4O8. The van der Waals surface area contributed by atoms with E-state index in [9.17, 15) is 19.1 Å². The Morgan fingerprint density at radius 2 is 1.85 bits per heavy atom. The Balaban J connectivity index is 1.44. The Bertz CT molecular complexity index is 1620. The summed E-state index contributed by atoms with van der Waals surface area (Å²) in [6.45, 7) is 3.71. The fourth-order valence-electron chi connectivity index (χ4n) is 4.54. The molecule has 4 N–H and O–H groups in total. The van der Waals surface area contributed by atoms with Crippen molar-refractivity contribution in [2.75, 3.05) is 27.4 Å². The van der Waals surface area contributed by atoms with Crippen LogP contribution >= 0.6 is 22.6 Å². The van der Waals surface area contributed by atoms with Gasteiger partial charge in [0.15, 0.2) is 29.2 Å². The minimum Gasteiger partial charge on any atom is -0.493 e. The molecule has 1 aliphatic rings. The minimum atomic E-state index is -1.21. The molecule has 3 aromatic rings. The normalized spacial score (nSPS) is 15.1. The third-order valence-electron chi connectivity index (χ3n) is 6.66. The number of aliphatic hydroxyl groups is 1. The Kier molecular flexibility index (Phi) is 12.0. The number of carbonyl (C=O) groups excluding carboxylic acids is 2. The molecule has 0 radical (unpaired) electrons. The predicted molar refractivity (Wildman–Crippen MR) is 175 cm³/mol. The number of methoxy groups -OCH3 is 2. The van der Waals surface area contributed by atoms with E-state index in [2.05, 4.69) is 43.8 Å². The molecule has 0 bridgehead atoms. The van der Waals surface area contributed by atoms with Gasteiger partial charge in [0.1, 0.15) is 19.0 Å². The lowest BCUT2D eigenvalue weighted by Crippen LogP contribution is -2.45. The minimum absolute atomic E-state index is 0.173. The molecule has 2 amide bonds. The van der Waals surface area contributed by atoms with Crippen molar-refractivity contribution in [2.24, 2.45) is 5.10 Å². The van der Waals surface area contributed by atoms with E-state index >= 15 is 0 Å². The average Bonchev–Trinajstić information content (AvgIpc) is 3.03. The Hall–Kier alpha value is -4.57. The van der Waals surface area contributed by atoms with Crippen molar-refractivity contribution < 1.29 is 42.8 Å². The summed E-state index contributed by atoms with van der Waals surface area (Å²) in [6, 6.07) is 13.3. The molecule has 0 aliphatic carbocycles. The van der Waals surface area contributed by atoms with Crippen LogP contribution in [0.5, 0.6) is 23.0 Å². The SMILES string of the molecule is CCOc1cc([C@H]2NC(=O)NC(C)=C2C(=O)OC)ccc1OC[C@@H](O)N/N=C/c1cc(I)cc(OC)c1OCc1ccc(F)cc1. The van der Waals surface area contributed by atoms with E-state index in [-0.39, 0.29) is 24.6 Å². The molecule has 1 heterocycles. The molecule has 4 rings (SSSR count). The summed E-state index contributed by atoms with van der Waals surface area (Å²) in [4.78, 5) is 24.6. The molecule has 244 valence electrons. The second kappa shape index (κ2) is 16.1. The fraction of sp³-hybridized carbons (Fsp3) is 0.281. The second-order valence-corrected chi connectivity index (χ2v) is 11.1. The van der Waals surface area contributed by atoms with Crippen LogP contribution < -0.4 is 35.0 Å². The van der Waals surface area contributed by atoms with Crippen LogP contribution in [0, 0.1) is 9.39 Å². The van der Waals surface area contributed by atoms with Crippen LogP contribution in [-0.4, -0.2) is 57.0 Å². The molecular weight excluding hydrogens is 714 g/mol. The summed E-state index contributed by atoms with van der Waals surface area (Å²) in [5, 5.41) is 20.0. The van der Waals surface area contributed by atoms with Gasteiger partial charge in [0.2, 0.25) is 0 Å². The number of hydrogen-bond donors (Lipinski definition) is 4. The molecule has 0 aromatic heterocycles. The first kappa shape index (κ1) is 34.3. The lowest BCUT2D eigenvalue weighted by Gasteiger charge is -2.28. The molecule has 14 heteroatoms. The largest absolute Gasteiger partial charge is 0.493 e. The summed E-state index contributed by atoms with van der Waals surface area (Å²) in [6.07, 6.45) is 0.273. The van der Waals surface area contributed by atoms with Gasteiger partial charge in [-0.3, -0.25) is 5.43 Å². The highest BCUT2D eigenvalue weighted by molar-refractivity contribution is 14.1. The molecule has 0 unspecified atom stereocenters. The zero-order chi connectivity index (χ0) is 33.2. The summed E-state index contributed by atoms with van der Waals surface area (Å²) in [5.74, 6) is 0.666. The number of nitrogens with zero attached hydrogens (tertiary/aromatic N) is 1. The van der Waals surface area contributed by atoms with Crippen molar-refractivity contribution in [3.63, 3.8) is 0 Å². The Labute approximate surface area is 279 Å². The summed E-state index contributed by atoms with van der Waals surface area (Å²) >= 11 is 2.14. The highest BCUT2D eigenvalue weighted by Crippen LogP contribution is 2.35. The number of hydrogen-bond acceptors (Lipinski definition) is 10. The molecule has 12 nitrogen and oxygen atoms in total. The maximum atomic E-state index is 13.3. The number of amides is 2. The van der Waals surface area contributed by atoms with E-state index in [1.54, 1.807) is 44.2 Å². The maximum absolute atomic E-state index is 13.3. The van der Waals surface area contributed by atoms with Crippen LogP contribution in [0.4, 0.5) is 9.18 Å². The topological polar surface area (TPSA) is 149 Å². The first-order chi connectivity index (χ1) is 22.1. The van der Waals surface area contributed by atoms with Gasteiger partial charge in [0, 0.05) is 14.8 Å². The number of hydrazone groups is 1. The van der Waals surface area contributed by atoms with Gasteiger partial charge in [0.25, 0.3) is 0 Å². The maximum Gasteiger partial charge on any atom is 0.337 e. The van der Waals surface area contributed by atoms with Crippen molar-refractivity contribution in [1.82, 2.24) is 16.1 Å². The number of allylic oxidation sites excluding steroid dienone is 1. The van der Waals surface area contributed by atoms with Gasteiger partial charge in [-0.1, -0.05) is 18.2 Å². The molecule has 3 aromatic carbocycles. The number of aliphatic hydroxyl groups excluding tert-OH is 1. The van der Waals surface area contributed by atoms with Gasteiger partial charge in [0.05, 0.1) is 38.7 Å². The first-order valence-corrected chi connectivity index (χ1v) is 15.2. The van der Waals surface area contributed by atoms with Crippen molar-refractivity contribution in [1.29, 1.82) is 0 Å². The van der Waals surface area contributed by atoms with Gasteiger partial charge in [-0.25, -0.2) is 14.0 Å². The number of esters is 1. The Morgan fingerprint density at radius 1 is 1.09 bits per heavy atom. The van der Waals surface area contributed by atoms with Gasteiger partial charge in [-0.2, -0.15) is 5.10 Å². The first-order valence-electron chi connectivity index (χ1n) is 14.1. The van der Waals surface area contributed by atoms with E-state index in [4.69, 9.17) is 23.7 Å². The highest BCUT2D eigenvalue weighted by Gasteiger charge is 2.32. The number of carbonyl (C=O) groups is 2. The van der Waals surface area contributed by atoms with Crippen molar-refractivity contribution in [3.8, 4) is 23.0 Å². The van der Waals surface area contributed by atoms with E-state index in [1.165, 1.54) is 32.6 Å². The molecule has 1 aliphatic heterocycles. The predicted octanol–water partition coefficient (Wildman–Crippen LogP) is 4.54. The van der Waals surface area contributed by atoms with Gasteiger partial charge in [-0.05, 0) is 84.0 Å². The number of ether oxygens (including phenoxy) is 5. The molecule has 46 heavy (non-hydrogen) atoms. The summed E-state index contributed by atoms with van der Waals surface area (Å²) < 4.78 is 42.2. The van der Waals surface area contributed by atoms with Crippen LogP contribution in [0.15, 0.2) is 71.0 Å². The van der Waals surface area contributed by atoms with Crippen LogP contribution in [0.2, 0.25) is 0 Å². The Morgan fingerprint density at radius 3 is 2.54 bits per heavy atom. The molecule has 0 spiro atoms. The smallest absolute Gasteiger partial charge is 0.337 e. The van der Waals surface area contributed by atoms with Crippen LogP contribution in [0.25, 0.3) is 0 Å². The van der Waals surface area contributed by atoms with E-state index in [1.807, 2.05) is 12.1 Å². The number of nitrogens with one attached hydrogen (secondary N) is 3. The molecule has 0 saturated heterocycles. The third-order valence-corrected chi connectivity index (χ3v) is 7.29. The third kappa shape index (κ3) is 8.78. The standard InChI is InChI=1S/C32H34FIN4O8/c1-5-44-25-13-20(29-28(31(40)43-4)18(2)36-32(41)37-29)8-11-24(25)45-17-27(39)38-35-15-21-12-23(34)14-26(42-3)30(21)46-16-19-6-9-22(33)10-7-19/h6-15,27,29,38-39H,5,16-17H2,1-4H3,(H2,36,37,41)/b35-15+/t27-,29-/m1/s1. The van der Waals surface area contributed by atoms with Crippen LogP contribution in [0.3, 0.4) is 0 Å². The lowest BCUT2D eigenvalue weighted by atomic mass is 9.95. The highest BCUT2D eigenvalue weighted by atomic mass is 127. The molecule has 0 saturated carbocycles. The van der Waals surface area contributed by atoms with Gasteiger partial charge >= 0.3 is 12.0 Å².